The average Bonchev–Trinajstić information content (AvgIpc) is 3.04. The first-order valence-electron chi connectivity index (χ1n) is 7.79. The van der Waals surface area contributed by atoms with Gasteiger partial charge in [-0.05, 0) is 50.0 Å². The number of fused-ring (bicyclic) bond motifs is 1. The summed E-state index contributed by atoms with van der Waals surface area (Å²) in [5, 5.41) is 5.13. The third-order valence-electron chi connectivity index (χ3n) is 4.29. The topological polar surface area (TPSA) is 24.9 Å². The number of rotatable bonds is 5. The fraction of sp³-hybridized carbons (Fsp3) is 0.812. The van der Waals surface area contributed by atoms with E-state index in [-0.39, 0.29) is 0 Å². The Morgan fingerprint density at radius 1 is 1.37 bits per heavy atom. The minimum absolute atomic E-state index is 0.392. The van der Waals surface area contributed by atoms with Crippen molar-refractivity contribution in [3.8, 4) is 0 Å². The molecule has 2 aliphatic rings. The maximum absolute atomic E-state index is 4.96. The molecular formula is C16H26N2S. The predicted octanol–water partition coefficient (Wildman–Crippen LogP) is 4.11. The number of nitrogens with zero attached hydrogens (tertiary/aromatic N) is 1. The molecule has 0 bridgehead atoms. The van der Waals surface area contributed by atoms with Crippen LogP contribution in [0.25, 0.3) is 0 Å². The van der Waals surface area contributed by atoms with E-state index in [4.69, 9.17) is 4.98 Å². The van der Waals surface area contributed by atoms with E-state index in [0.717, 1.165) is 18.9 Å². The minimum atomic E-state index is 0.392. The molecule has 2 nitrogen and oxygen atoms in total. The summed E-state index contributed by atoms with van der Waals surface area (Å²) in [5.74, 6) is 0.947. The maximum Gasteiger partial charge on any atom is 0.0934 e. The molecule has 1 unspecified atom stereocenters. The van der Waals surface area contributed by atoms with Crippen LogP contribution in [0.4, 0.5) is 0 Å². The van der Waals surface area contributed by atoms with Crippen LogP contribution in [0.2, 0.25) is 0 Å². The Labute approximate surface area is 121 Å². The molecule has 1 heterocycles. The first kappa shape index (κ1) is 13.6. The molecule has 0 spiro atoms. The van der Waals surface area contributed by atoms with E-state index in [9.17, 15) is 0 Å². The van der Waals surface area contributed by atoms with E-state index in [1.165, 1.54) is 42.8 Å². The van der Waals surface area contributed by atoms with Crippen molar-refractivity contribution in [3.05, 3.63) is 15.6 Å². The molecule has 1 fully saturated rings. The lowest BCUT2D eigenvalue weighted by Gasteiger charge is -2.34. The number of hydrogen-bond acceptors (Lipinski definition) is 3. The molecule has 19 heavy (non-hydrogen) atoms. The van der Waals surface area contributed by atoms with Crippen LogP contribution in [-0.2, 0) is 12.8 Å². The molecule has 106 valence electrons. The molecule has 0 radical (unpaired) electrons. The Balaban J connectivity index is 1.81. The molecule has 1 saturated carbocycles. The SMILES string of the molecule is CCCNC1CC(C)(C)Cc2nc(CC3CC3)sc21. The summed E-state index contributed by atoms with van der Waals surface area (Å²) in [6.07, 6.45) is 7.71. The first-order valence-corrected chi connectivity index (χ1v) is 8.61. The van der Waals surface area contributed by atoms with E-state index in [0.29, 0.717) is 11.5 Å². The Morgan fingerprint density at radius 2 is 2.16 bits per heavy atom. The van der Waals surface area contributed by atoms with E-state index < -0.39 is 0 Å². The quantitative estimate of drug-likeness (QED) is 0.877. The largest absolute Gasteiger partial charge is 0.309 e. The highest BCUT2D eigenvalue weighted by atomic mass is 32.1. The van der Waals surface area contributed by atoms with Gasteiger partial charge in [0.1, 0.15) is 0 Å². The van der Waals surface area contributed by atoms with Crippen molar-refractivity contribution >= 4 is 11.3 Å². The van der Waals surface area contributed by atoms with E-state index >= 15 is 0 Å². The van der Waals surface area contributed by atoms with Gasteiger partial charge in [-0.1, -0.05) is 20.8 Å². The second-order valence-corrected chi connectivity index (χ2v) is 8.23. The summed E-state index contributed by atoms with van der Waals surface area (Å²) in [5.41, 5.74) is 1.79. The standard InChI is InChI=1S/C16H26N2S/c1-4-7-17-12-9-16(2,3)10-13-15(12)19-14(18-13)8-11-5-6-11/h11-12,17H,4-10H2,1-3H3. The van der Waals surface area contributed by atoms with Crippen molar-refractivity contribution in [1.82, 2.24) is 10.3 Å². The van der Waals surface area contributed by atoms with Gasteiger partial charge in [0.15, 0.2) is 0 Å². The van der Waals surface area contributed by atoms with Crippen molar-refractivity contribution in [2.75, 3.05) is 6.54 Å². The number of aromatic nitrogens is 1. The van der Waals surface area contributed by atoms with Crippen molar-refractivity contribution in [1.29, 1.82) is 0 Å². The zero-order valence-electron chi connectivity index (χ0n) is 12.5. The van der Waals surface area contributed by atoms with Crippen LogP contribution in [-0.4, -0.2) is 11.5 Å². The van der Waals surface area contributed by atoms with Crippen molar-refractivity contribution in [3.63, 3.8) is 0 Å². The van der Waals surface area contributed by atoms with Crippen LogP contribution in [0, 0.1) is 11.3 Å². The molecule has 0 aliphatic heterocycles. The minimum Gasteiger partial charge on any atom is -0.309 e. The van der Waals surface area contributed by atoms with Crippen molar-refractivity contribution in [2.45, 2.75) is 65.3 Å². The van der Waals surface area contributed by atoms with Gasteiger partial charge < -0.3 is 5.32 Å². The lowest BCUT2D eigenvalue weighted by atomic mass is 9.76. The van der Waals surface area contributed by atoms with Gasteiger partial charge in [0.2, 0.25) is 0 Å². The second-order valence-electron chi connectivity index (χ2n) is 7.12. The molecule has 1 aromatic heterocycles. The Hall–Kier alpha value is -0.410. The normalized spacial score (nSPS) is 25.3. The summed E-state index contributed by atoms with van der Waals surface area (Å²) < 4.78 is 0. The fourth-order valence-electron chi connectivity index (χ4n) is 3.12. The molecule has 3 heteroatoms. The van der Waals surface area contributed by atoms with E-state index in [1.807, 2.05) is 11.3 Å². The summed E-state index contributed by atoms with van der Waals surface area (Å²) in [6.45, 7) is 8.13. The van der Waals surface area contributed by atoms with Crippen LogP contribution < -0.4 is 5.32 Å². The van der Waals surface area contributed by atoms with Gasteiger partial charge >= 0.3 is 0 Å². The van der Waals surface area contributed by atoms with Gasteiger partial charge in [-0.15, -0.1) is 11.3 Å². The zero-order chi connectivity index (χ0) is 13.5. The zero-order valence-corrected chi connectivity index (χ0v) is 13.3. The van der Waals surface area contributed by atoms with Gasteiger partial charge in [0.25, 0.3) is 0 Å². The lowest BCUT2D eigenvalue weighted by molar-refractivity contribution is 0.258. The summed E-state index contributed by atoms with van der Waals surface area (Å²) >= 11 is 1.99. The van der Waals surface area contributed by atoms with E-state index in [1.54, 1.807) is 4.88 Å². The van der Waals surface area contributed by atoms with Gasteiger partial charge in [0, 0.05) is 17.3 Å². The monoisotopic (exact) mass is 278 g/mol. The van der Waals surface area contributed by atoms with Crippen LogP contribution in [0.5, 0.6) is 0 Å². The number of nitrogens with one attached hydrogen (secondary N) is 1. The predicted molar refractivity (Wildman–Crippen MR) is 81.7 cm³/mol. The fourth-order valence-corrected chi connectivity index (χ4v) is 4.40. The van der Waals surface area contributed by atoms with Gasteiger partial charge in [-0.2, -0.15) is 0 Å². The second kappa shape index (κ2) is 5.17. The summed E-state index contributed by atoms with van der Waals surface area (Å²) in [7, 11) is 0. The molecule has 1 aromatic rings. The summed E-state index contributed by atoms with van der Waals surface area (Å²) in [4.78, 5) is 6.51. The average molecular weight is 278 g/mol. The van der Waals surface area contributed by atoms with Crippen LogP contribution in [0.1, 0.15) is 68.1 Å². The highest BCUT2D eigenvalue weighted by Gasteiger charge is 2.35. The van der Waals surface area contributed by atoms with E-state index in [2.05, 4.69) is 26.1 Å². The van der Waals surface area contributed by atoms with Gasteiger partial charge in [-0.3, -0.25) is 0 Å². The molecule has 3 rings (SSSR count). The molecule has 0 amide bonds. The van der Waals surface area contributed by atoms with Crippen molar-refractivity contribution in [2.24, 2.45) is 11.3 Å². The third kappa shape index (κ3) is 3.19. The third-order valence-corrected chi connectivity index (χ3v) is 5.53. The smallest absolute Gasteiger partial charge is 0.0934 e. The first-order chi connectivity index (χ1) is 9.07. The molecule has 1 N–H and O–H groups in total. The number of hydrogen-bond donors (Lipinski definition) is 1. The van der Waals surface area contributed by atoms with Crippen LogP contribution in [0.15, 0.2) is 0 Å². The molecule has 1 atom stereocenters. The Bertz CT molecular complexity index is 446. The Kier molecular flexibility index (Phi) is 3.69. The van der Waals surface area contributed by atoms with Gasteiger partial charge in [-0.25, -0.2) is 4.98 Å². The maximum atomic E-state index is 4.96. The van der Waals surface area contributed by atoms with Crippen LogP contribution in [0.3, 0.4) is 0 Å². The van der Waals surface area contributed by atoms with Crippen molar-refractivity contribution < 1.29 is 0 Å². The molecule has 2 aliphatic carbocycles. The summed E-state index contributed by atoms with van der Waals surface area (Å²) in [6, 6.07) is 0.546. The molecule has 0 saturated heterocycles. The van der Waals surface area contributed by atoms with Gasteiger partial charge in [0.05, 0.1) is 10.7 Å². The Morgan fingerprint density at radius 3 is 2.84 bits per heavy atom. The number of thiazole rings is 1. The molecule has 0 aromatic carbocycles. The highest BCUT2D eigenvalue weighted by Crippen LogP contribution is 2.44. The van der Waals surface area contributed by atoms with Crippen LogP contribution >= 0.6 is 11.3 Å². The molecular weight excluding hydrogens is 252 g/mol. The lowest BCUT2D eigenvalue weighted by Crippen LogP contribution is -2.33. The highest BCUT2D eigenvalue weighted by molar-refractivity contribution is 7.11.